The highest BCUT2D eigenvalue weighted by molar-refractivity contribution is 4.76. The molecule has 2 aliphatic rings. The molecule has 0 amide bonds. The number of nitrogens with one attached hydrogen (secondary N) is 1. The molecule has 2 fully saturated rings. The van der Waals surface area contributed by atoms with Gasteiger partial charge in [-0.15, -0.1) is 0 Å². The third-order valence-electron chi connectivity index (χ3n) is 4.64. The maximum atomic E-state index is 3.58. The summed E-state index contributed by atoms with van der Waals surface area (Å²) >= 11 is 0. The monoisotopic (exact) mass is 268 g/mol. The van der Waals surface area contributed by atoms with Gasteiger partial charge in [-0.25, -0.2) is 0 Å². The van der Waals surface area contributed by atoms with E-state index in [1.54, 1.807) is 0 Å². The zero-order valence-electron chi connectivity index (χ0n) is 12.9. The van der Waals surface area contributed by atoms with Crippen molar-refractivity contribution in [3.05, 3.63) is 0 Å². The van der Waals surface area contributed by atoms with Crippen molar-refractivity contribution in [2.45, 2.75) is 32.7 Å². The molecular formula is C15H32N4. The summed E-state index contributed by atoms with van der Waals surface area (Å²) in [4.78, 5) is 7.98. The van der Waals surface area contributed by atoms with E-state index >= 15 is 0 Å². The summed E-state index contributed by atoms with van der Waals surface area (Å²) < 4.78 is 0. The molecule has 2 bridgehead atoms. The van der Waals surface area contributed by atoms with Crippen LogP contribution in [0.5, 0.6) is 0 Å². The fraction of sp³-hybridized carbons (Fsp3) is 1.00. The van der Waals surface area contributed by atoms with Crippen LogP contribution in [0.15, 0.2) is 0 Å². The zero-order chi connectivity index (χ0) is 13.5. The number of nitrogens with zero attached hydrogens (tertiary/aromatic N) is 3. The first-order valence-electron chi connectivity index (χ1n) is 8.19. The van der Waals surface area contributed by atoms with Gasteiger partial charge in [0.15, 0.2) is 0 Å². The lowest BCUT2D eigenvalue weighted by Gasteiger charge is -2.37. The Morgan fingerprint density at radius 1 is 0.895 bits per heavy atom. The number of likely N-dealkylation sites (N-methyl/N-ethyl adjacent to an activating group) is 1. The molecule has 3 unspecified atom stereocenters. The highest BCUT2D eigenvalue weighted by Crippen LogP contribution is 2.08. The van der Waals surface area contributed by atoms with Gasteiger partial charge in [-0.05, 0) is 52.5 Å². The van der Waals surface area contributed by atoms with Crippen LogP contribution in [0.1, 0.15) is 26.7 Å². The standard InChI is InChI=1S/C15H32N4/c1-3-19-10-5-9-17-11-7-16-6-4-8-18(13-12-17)14-15(19)2/h15-16H,3-14H2,1-2H3. The summed E-state index contributed by atoms with van der Waals surface area (Å²) in [5, 5.41) is 3.58. The lowest BCUT2D eigenvalue weighted by atomic mass is 10.2. The van der Waals surface area contributed by atoms with Crippen LogP contribution >= 0.6 is 0 Å². The van der Waals surface area contributed by atoms with Gasteiger partial charge in [-0.3, -0.25) is 4.90 Å². The van der Waals surface area contributed by atoms with Gasteiger partial charge in [-0.1, -0.05) is 6.92 Å². The highest BCUT2D eigenvalue weighted by Gasteiger charge is 2.19. The van der Waals surface area contributed by atoms with Gasteiger partial charge in [-0.2, -0.15) is 0 Å². The second-order valence-corrected chi connectivity index (χ2v) is 6.08. The molecule has 4 nitrogen and oxygen atoms in total. The van der Waals surface area contributed by atoms with E-state index in [0.29, 0.717) is 6.04 Å². The molecule has 0 aromatic carbocycles. The fourth-order valence-electron chi connectivity index (χ4n) is 3.38. The summed E-state index contributed by atoms with van der Waals surface area (Å²) in [5.74, 6) is 0. The first kappa shape index (κ1) is 15.2. The Morgan fingerprint density at radius 3 is 2.53 bits per heavy atom. The predicted octanol–water partition coefficient (Wildman–Crippen LogP) is 0.698. The first-order chi connectivity index (χ1) is 9.29. The molecule has 2 aliphatic heterocycles. The Kier molecular flexibility index (Phi) is 6.57. The second kappa shape index (κ2) is 8.20. The van der Waals surface area contributed by atoms with Gasteiger partial charge in [0, 0.05) is 38.8 Å². The minimum Gasteiger partial charge on any atom is -0.315 e. The molecule has 0 aromatic heterocycles. The predicted molar refractivity (Wildman–Crippen MR) is 81.7 cm³/mol. The normalized spacial score (nSPS) is 36.0. The summed E-state index contributed by atoms with van der Waals surface area (Å²) in [6.07, 6.45) is 2.61. The Morgan fingerprint density at radius 2 is 1.68 bits per heavy atom. The van der Waals surface area contributed by atoms with Crippen LogP contribution in [0.4, 0.5) is 0 Å². The van der Waals surface area contributed by atoms with E-state index in [2.05, 4.69) is 33.9 Å². The molecule has 19 heavy (non-hydrogen) atoms. The van der Waals surface area contributed by atoms with Crippen molar-refractivity contribution >= 4 is 0 Å². The smallest absolute Gasteiger partial charge is 0.0194 e. The zero-order valence-corrected chi connectivity index (χ0v) is 12.9. The van der Waals surface area contributed by atoms with Crippen LogP contribution in [0.2, 0.25) is 0 Å². The van der Waals surface area contributed by atoms with Crippen molar-refractivity contribution in [1.29, 1.82) is 0 Å². The van der Waals surface area contributed by atoms with Crippen LogP contribution in [-0.4, -0.2) is 86.2 Å². The number of rotatable bonds is 1. The number of hydrogen-bond donors (Lipinski definition) is 1. The molecule has 2 rings (SSSR count). The summed E-state index contributed by atoms with van der Waals surface area (Å²) in [7, 11) is 0. The van der Waals surface area contributed by atoms with Crippen LogP contribution in [0, 0.1) is 0 Å². The summed E-state index contributed by atoms with van der Waals surface area (Å²) in [6.45, 7) is 17.0. The number of fused-ring (bicyclic) bond motifs is 3. The van der Waals surface area contributed by atoms with Gasteiger partial charge in [0.1, 0.15) is 0 Å². The van der Waals surface area contributed by atoms with E-state index < -0.39 is 0 Å². The molecule has 1 N–H and O–H groups in total. The van der Waals surface area contributed by atoms with Crippen molar-refractivity contribution in [3.63, 3.8) is 0 Å². The van der Waals surface area contributed by atoms with Crippen LogP contribution in [0.25, 0.3) is 0 Å². The lowest BCUT2D eigenvalue weighted by molar-refractivity contribution is 0.113. The highest BCUT2D eigenvalue weighted by atomic mass is 15.3. The fourth-order valence-corrected chi connectivity index (χ4v) is 3.38. The van der Waals surface area contributed by atoms with Crippen molar-refractivity contribution in [3.8, 4) is 0 Å². The SMILES string of the molecule is CCN1CCCN2CCNCCCN(CC2)CC1C. The molecule has 4 heteroatoms. The first-order valence-corrected chi connectivity index (χ1v) is 8.19. The third kappa shape index (κ3) is 5.03. The second-order valence-electron chi connectivity index (χ2n) is 6.08. The van der Waals surface area contributed by atoms with Crippen LogP contribution < -0.4 is 5.32 Å². The molecule has 0 aromatic rings. The average molecular weight is 268 g/mol. The quantitative estimate of drug-likeness (QED) is 0.755. The van der Waals surface area contributed by atoms with Crippen molar-refractivity contribution in [2.24, 2.45) is 0 Å². The Labute approximate surface area is 119 Å². The van der Waals surface area contributed by atoms with E-state index in [0.717, 1.165) is 6.54 Å². The molecule has 2 saturated heterocycles. The van der Waals surface area contributed by atoms with E-state index in [4.69, 9.17) is 0 Å². The molecule has 112 valence electrons. The minimum atomic E-state index is 0.701. The Balaban J connectivity index is 1.99. The maximum absolute atomic E-state index is 3.58. The van der Waals surface area contributed by atoms with Crippen LogP contribution in [-0.2, 0) is 0 Å². The molecular weight excluding hydrogens is 236 g/mol. The number of hydrogen-bond acceptors (Lipinski definition) is 4. The Hall–Kier alpha value is -0.160. The van der Waals surface area contributed by atoms with Gasteiger partial charge in [0.2, 0.25) is 0 Å². The van der Waals surface area contributed by atoms with Crippen molar-refractivity contribution in [1.82, 2.24) is 20.0 Å². The van der Waals surface area contributed by atoms with Gasteiger partial charge >= 0.3 is 0 Å². The van der Waals surface area contributed by atoms with E-state index in [-0.39, 0.29) is 0 Å². The lowest BCUT2D eigenvalue weighted by Crippen LogP contribution is -2.49. The van der Waals surface area contributed by atoms with Gasteiger partial charge in [0.25, 0.3) is 0 Å². The molecule has 0 aliphatic carbocycles. The van der Waals surface area contributed by atoms with Crippen molar-refractivity contribution < 1.29 is 0 Å². The minimum absolute atomic E-state index is 0.701. The van der Waals surface area contributed by atoms with E-state index in [1.807, 2.05) is 0 Å². The molecule has 0 saturated carbocycles. The molecule has 0 radical (unpaired) electrons. The van der Waals surface area contributed by atoms with E-state index in [9.17, 15) is 0 Å². The topological polar surface area (TPSA) is 21.8 Å². The molecule has 2 heterocycles. The Bertz CT molecular complexity index is 246. The maximum Gasteiger partial charge on any atom is 0.0194 e. The van der Waals surface area contributed by atoms with E-state index in [1.165, 1.54) is 71.7 Å². The summed E-state index contributed by atoms with van der Waals surface area (Å²) in [5.41, 5.74) is 0. The third-order valence-corrected chi connectivity index (χ3v) is 4.64. The summed E-state index contributed by atoms with van der Waals surface area (Å²) in [6, 6.07) is 0.701. The average Bonchev–Trinajstić information content (AvgIpc) is 2.43. The van der Waals surface area contributed by atoms with Crippen molar-refractivity contribution in [2.75, 3.05) is 65.4 Å². The van der Waals surface area contributed by atoms with Gasteiger partial charge in [0.05, 0.1) is 0 Å². The largest absolute Gasteiger partial charge is 0.315 e. The van der Waals surface area contributed by atoms with Crippen LogP contribution in [0.3, 0.4) is 0 Å². The molecule has 3 atom stereocenters. The molecule has 0 spiro atoms. The van der Waals surface area contributed by atoms with Gasteiger partial charge < -0.3 is 15.1 Å².